The van der Waals surface area contributed by atoms with E-state index >= 15 is 0 Å². The van der Waals surface area contributed by atoms with Crippen LogP contribution in [0.15, 0.2) is 6.33 Å². The summed E-state index contributed by atoms with van der Waals surface area (Å²) in [7, 11) is 0. The Morgan fingerprint density at radius 2 is 2.05 bits per heavy atom. The van der Waals surface area contributed by atoms with Crippen molar-refractivity contribution in [3.8, 4) is 0 Å². The smallest absolute Gasteiger partial charge is 0.353 e. The van der Waals surface area contributed by atoms with Crippen LogP contribution in [0, 0.1) is 10.1 Å². The van der Waals surface area contributed by atoms with E-state index in [0.29, 0.717) is 19.4 Å². The molecule has 1 aromatic rings. The quantitative estimate of drug-likeness (QED) is 0.513. The van der Waals surface area contributed by atoms with Crippen molar-refractivity contribution in [3.63, 3.8) is 0 Å². The van der Waals surface area contributed by atoms with Crippen molar-refractivity contribution in [1.82, 2.24) is 9.97 Å². The first-order valence-electron chi connectivity index (χ1n) is 6.75. The van der Waals surface area contributed by atoms with Crippen molar-refractivity contribution in [1.29, 1.82) is 0 Å². The molecule has 8 heteroatoms. The number of rotatable bonds is 7. The fraction of sp³-hybridized carbons (Fsp3) is 0.667. The highest BCUT2D eigenvalue weighted by Gasteiger charge is 2.35. The molecule has 8 nitrogen and oxygen atoms in total. The number of nitrogens with zero attached hydrogens (tertiary/aromatic N) is 3. The topological polar surface area (TPSA) is 113 Å². The van der Waals surface area contributed by atoms with E-state index in [2.05, 4.69) is 20.6 Å². The van der Waals surface area contributed by atoms with Gasteiger partial charge in [-0.05, 0) is 25.7 Å². The van der Waals surface area contributed by atoms with Crippen LogP contribution in [0.4, 0.5) is 17.3 Å². The molecule has 0 atom stereocenters. The number of aliphatic hydroxyl groups is 1. The van der Waals surface area contributed by atoms with Crippen LogP contribution in [-0.2, 0) is 0 Å². The van der Waals surface area contributed by atoms with Crippen LogP contribution in [-0.4, -0.2) is 38.7 Å². The summed E-state index contributed by atoms with van der Waals surface area (Å²) >= 11 is 0. The molecule has 0 saturated heterocycles. The number of hydrogen-bond acceptors (Lipinski definition) is 7. The third kappa shape index (κ3) is 3.13. The maximum absolute atomic E-state index is 11.2. The average molecular weight is 281 g/mol. The van der Waals surface area contributed by atoms with Gasteiger partial charge >= 0.3 is 5.69 Å². The van der Waals surface area contributed by atoms with E-state index in [9.17, 15) is 15.2 Å². The molecule has 3 N–H and O–H groups in total. The van der Waals surface area contributed by atoms with Crippen molar-refractivity contribution in [2.24, 2.45) is 0 Å². The number of hydrogen-bond donors (Lipinski definition) is 3. The fourth-order valence-electron chi connectivity index (χ4n) is 2.06. The first-order valence-corrected chi connectivity index (χ1v) is 6.75. The van der Waals surface area contributed by atoms with Crippen LogP contribution in [0.3, 0.4) is 0 Å². The van der Waals surface area contributed by atoms with Crippen molar-refractivity contribution in [3.05, 3.63) is 16.4 Å². The average Bonchev–Trinajstić information content (AvgIpc) is 2.40. The molecule has 1 aliphatic rings. The van der Waals surface area contributed by atoms with Gasteiger partial charge in [-0.15, -0.1) is 0 Å². The van der Waals surface area contributed by atoms with Gasteiger partial charge in [-0.25, -0.2) is 9.97 Å². The maximum atomic E-state index is 11.2. The highest BCUT2D eigenvalue weighted by Crippen LogP contribution is 2.33. The van der Waals surface area contributed by atoms with E-state index in [1.807, 2.05) is 6.92 Å². The molecule has 0 aliphatic heterocycles. The maximum Gasteiger partial charge on any atom is 0.353 e. The molecule has 0 unspecified atom stereocenters. The molecule has 2 rings (SSSR count). The van der Waals surface area contributed by atoms with Gasteiger partial charge in [-0.1, -0.05) is 6.92 Å². The predicted octanol–water partition coefficient (Wildman–Crippen LogP) is 1.53. The lowest BCUT2D eigenvalue weighted by Crippen LogP contribution is -2.43. The first kappa shape index (κ1) is 14.4. The molecule has 20 heavy (non-hydrogen) atoms. The second-order valence-corrected chi connectivity index (χ2v) is 5.03. The van der Waals surface area contributed by atoms with E-state index in [1.165, 1.54) is 6.33 Å². The molecule has 0 bridgehead atoms. The van der Waals surface area contributed by atoms with Gasteiger partial charge in [0.05, 0.1) is 10.5 Å². The van der Waals surface area contributed by atoms with Crippen molar-refractivity contribution in [2.75, 3.05) is 23.7 Å². The lowest BCUT2D eigenvalue weighted by Gasteiger charge is -2.36. The number of aromatic nitrogens is 2. The summed E-state index contributed by atoms with van der Waals surface area (Å²) < 4.78 is 0. The molecular weight excluding hydrogens is 262 g/mol. The fourth-order valence-corrected chi connectivity index (χ4v) is 2.06. The van der Waals surface area contributed by atoms with E-state index in [4.69, 9.17) is 0 Å². The minimum atomic E-state index is -0.768. The molecule has 1 aromatic heterocycles. The number of anilines is 2. The van der Waals surface area contributed by atoms with Gasteiger partial charge in [-0.3, -0.25) is 10.1 Å². The van der Waals surface area contributed by atoms with Gasteiger partial charge in [0, 0.05) is 13.1 Å². The monoisotopic (exact) mass is 281 g/mol. The Morgan fingerprint density at radius 3 is 2.55 bits per heavy atom. The molecule has 0 amide bonds. The lowest BCUT2D eigenvalue weighted by atomic mass is 9.80. The summed E-state index contributed by atoms with van der Waals surface area (Å²) in [5.41, 5.74) is -0.945. The summed E-state index contributed by atoms with van der Waals surface area (Å²) in [6, 6.07) is 0. The largest absolute Gasteiger partial charge is 0.388 e. The van der Waals surface area contributed by atoms with E-state index < -0.39 is 10.5 Å². The SMILES string of the molecule is CCCNc1ncnc(NCC2(O)CCC2)c1[N+](=O)[O-]. The summed E-state index contributed by atoms with van der Waals surface area (Å²) in [6.45, 7) is 2.82. The highest BCUT2D eigenvalue weighted by atomic mass is 16.6. The first-order chi connectivity index (χ1) is 9.56. The second-order valence-electron chi connectivity index (χ2n) is 5.03. The van der Waals surface area contributed by atoms with Crippen molar-refractivity contribution >= 4 is 17.3 Å². The Bertz CT molecular complexity index is 490. The Kier molecular flexibility index (Phi) is 4.33. The van der Waals surface area contributed by atoms with Crippen LogP contribution < -0.4 is 10.6 Å². The van der Waals surface area contributed by atoms with Crippen molar-refractivity contribution < 1.29 is 10.0 Å². The van der Waals surface area contributed by atoms with Gasteiger partial charge in [0.2, 0.25) is 11.6 Å². The Balaban J connectivity index is 2.15. The third-order valence-corrected chi connectivity index (χ3v) is 3.42. The normalized spacial score (nSPS) is 16.3. The Hall–Kier alpha value is -1.96. The molecule has 0 radical (unpaired) electrons. The van der Waals surface area contributed by atoms with Gasteiger partial charge in [0.1, 0.15) is 6.33 Å². The Morgan fingerprint density at radius 1 is 1.40 bits per heavy atom. The van der Waals surface area contributed by atoms with Gasteiger partial charge in [-0.2, -0.15) is 0 Å². The van der Waals surface area contributed by atoms with Crippen molar-refractivity contribution in [2.45, 2.75) is 38.2 Å². The molecule has 1 aliphatic carbocycles. The Labute approximate surface area is 116 Å². The van der Waals surface area contributed by atoms with Crippen LogP contribution in [0.5, 0.6) is 0 Å². The lowest BCUT2D eigenvalue weighted by molar-refractivity contribution is -0.383. The van der Waals surface area contributed by atoms with Crippen LogP contribution in [0.25, 0.3) is 0 Å². The minimum Gasteiger partial charge on any atom is -0.388 e. The van der Waals surface area contributed by atoms with E-state index in [0.717, 1.165) is 12.8 Å². The summed E-state index contributed by atoms with van der Waals surface area (Å²) in [4.78, 5) is 18.5. The second kappa shape index (κ2) is 6.00. The molecule has 110 valence electrons. The molecule has 1 fully saturated rings. The highest BCUT2D eigenvalue weighted by molar-refractivity contribution is 5.69. The zero-order valence-electron chi connectivity index (χ0n) is 11.4. The number of nitro groups is 1. The molecule has 1 heterocycles. The molecule has 0 aromatic carbocycles. The van der Waals surface area contributed by atoms with Gasteiger partial charge < -0.3 is 15.7 Å². The summed E-state index contributed by atoms with van der Waals surface area (Å²) in [5, 5.41) is 27.0. The predicted molar refractivity (Wildman–Crippen MR) is 74.8 cm³/mol. The summed E-state index contributed by atoms with van der Waals surface area (Å²) in [6.07, 6.45) is 4.51. The minimum absolute atomic E-state index is 0.143. The summed E-state index contributed by atoms with van der Waals surface area (Å²) in [5.74, 6) is 0.346. The molecule has 1 saturated carbocycles. The molecular formula is C12H19N5O3. The van der Waals surface area contributed by atoms with Crippen LogP contribution in [0.2, 0.25) is 0 Å². The van der Waals surface area contributed by atoms with Gasteiger partial charge in [0.15, 0.2) is 0 Å². The third-order valence-electron chi connectivity index (χ3n) is 3.42. The van der Waals surface area contributed by atoms with E-state index in [-0.39, 0.29) is 23.9 Å². The van der Waals surface area contributed by atoms with Crippen LogP contribution in [0.1, 0.15) is 32.6 Å². The standard InChI is InChI=1S/C12H19N5O3/c1-2-6-13-10-9(17(19)20)11(16-8-15-10)14-7-12(18)4-3-5-12/h8,18H,2-7H2,1H3,(H2,13,14,15,16). The number of nitrogens with one attached hydrogen (secondary N) is 2. The van der Waals surface area contributed by atoms with Crippen LogP contribution >= 0.6 is 0 Å². The zero-order chi connectivity index (χ0) is 14.6. The molecule has 0 spiro atoms. The van der Waals surface area contributed by atoms with Gasteiger partial charge in [0.25, 0.3) is 0 Å². The zero-order valence-corrected chi connectivity index (χ0v) is 11.4. The van der Waals surface area contributed by atoms with E-state index in [1.54, 1.807) is 0 Å².